The summed E-state index contributed by atoms with van der Waals surface area (Å²) in [4.78, 5) is 12.4. The van der Waals surface area contributed by atoms with Crippen LogP contribution in [-0.2, 0) is 4.79 Å². The maximum Gasteiger partial charge on any atom is 0.251 e. The minimum atomic E-state index is 0.0440. The quantitative estimate of drug-likeness (QED) is 0.507. The zero-order valence-corrected chi connectivity index (χ0v) is 5.42. The molecule has 0 spiro atoms. The summed E-state index contributed by atoms with van der Waals surface area (Å²) in [5.41, 5.74) is 0.794. The summed E-state index contributed by atoms with van der Waals surface area (Å²) in [6.45, 7) is 6.31. The molecule has 0 saturated heterocycles. The minimum Gasteiger partial charge on any atom is -0.310 e. The fourth-order valence-electron chi connectivity index (χ4n) is 0.848. The van der Waals surface area contributed by atoms with Crippen molar-refractivity contribution in [2.24, 2.45) is 0 Å². The lowest BCUT2D eigenvalue weighted by Gasteiger charge is -2.12. The molecule has 1 aliphatic rings. The van der Waals surface area contributed by atoms with E-state index in [2.05, 4.69) is 6.58 Å². The zero-order valence-electron chi connectivity index (χ0n) is 5.42. The molecule has 0 aliphatic carbocycles. The van der Waals surface area contributed by atoms with Gasteiger partial charge in [-0.2, -0.15) is 0 Å². The first kappa shape index (κ1) is 6.08. The van der Waals surface area contributed by atoms with Gasteiger partial charge in [-0.3, -0.25) is 4.79 Å². The number of hydrogen-bond donors (Lipinski definition) is 0. The summed E-state index contributed by atoms with van der Waals surface area (Å²) in [6, 6.07) is 0. The molecule has 0 aromatic heterocycles. The highest BCUT2D eigenvalue weighted by Crippen LogP contribution is 2.10. The van der Waals surface area contributed by atoms with Gasteiger partial charge in [0.1, 0.15) is 0 Å². The Bertz CT molecular complexity index is 163. The fraction of sp³-hybridized carbons (Fsp3) is 0.286. The summed E-state index contributed by atoms with van der Waals surface area (Å²) >= 11 is 0. The van der Waals surface area contributed by atoms with Crippen LogP contribution in [0.5, 0.6) is 0 Å². The van der Waals surface area contributed by atoms with E-state index in [-0.39, 0.29) is 5.91 Å². The number of nitrogens with zero attached hydrogens (tertiary/aromatic N) is 1. The van der Waals surface area contributed by atoms with Crippen LogP contribution < -0.4 is 0 Å². The third kappa shape index (κ3) is 0.875. The molecule has 0 bridgehead atoms. The highest BCUT2D eigenvalue weighted by atomic mass is 16.2. The van der Waals surface area contributed by atoms with E-state index in [4.69, 9.17) is 0 Å². The summed E-state index contributed by atoms with van der Waals surface area (Å²) in [5, 5.41) is 0. The predicted molar refractivity (Wildman–Crippen MR) is 35.7 cm³/mol. The molecule has 2 heteroatoms. The van der Waals surface area contributed by atoms with E-state index in [1.807, 2.05) is 6.92 Å². The zero-order chi connectivity index (χ0) is 6.85. The topological polar surface area (TPSA) is 20.3 Å². The molecule has 0 N–H and O–H groups in total. The van der Waals surface area contributed by atoms with Crippen LogP contribution in [0.25, 0.3) is 0 Å². The van der Waals surface area contributed by atoms with Gasteiger partial charge < -0.3 is 4.90 Å². The maximum atomic E-state index is 10.8. The van der Waals surface area contributed by atoms with Crippen molar-refractivity contribution in [2.75, 3.05) is 6.54 Å². The van der Waals surface area contributed by atoms with Gasteiger partial charge in [0.05, 0.1) is 0 Å². The first-order valence-electron chi connectivity index (χ1n) is 2.94. The number of hydrogen-bond acceptors (Lipinski definition) is 1. The normalized spacial score (nSPS) is 17.7. The number of rotatable bonds is 1. The Labute approximate surface area is 54.5 Å². The van der Waals surface area contributed by atoms with Crippen molar-refractivity contribution in [1.82, 2.24) is 4.90 Å². The van der Waals surface area contributed by atoms with Gasteiger partial charge in [0.2, 0.25) is 0 Å². The second-order valence-electron chi connectivity index (χ2n) is 1.91. The molecular formula is C7H9NO. The molecule has 0 fully saturated rings. The molecule has 48 valence electrons. The van der Waals surface area contributed by atoms with Gasteiger partial charge in [-0.25, -0.2) is 0 Å². The lowest BCUT2D eigenvalue weighted by atomic mass is 10.5. The van der Waals surface area contributed by atoms with Crippen molar-refractivity contribution >= 4 is 5.91 Å². The van der Waals surface area contributed by atoms with Crippen molar-refractivity contribution in [2.45, 2.75) is 6.92 Å². The van der Waals surface area contributed by atoms with E-state index in [0.717, 1.165) is 5.70 Å². The molecule has 1 rings (SSSR count). The first-order valence-corrected chi connectivity index (χ1v) is 2.94. The lowest BCUT2D eigenvalue weighted by Crippen LogP contribution is -2.22. The van der Waals surface area contributed by atoms with E-state index in [1.165, 1.54) is 6.08 Å². The molecule has 1 heterocycles. The number of carbonyl (C=O) groups is 1. The SMILES string of the molecule is C=C1C=CC(=O)N1CC. The van der Waals surface area contributed by atoms with Crippen LogP contribution in [-0.4, -0.2) is 17.4 Å². The van der Waals surface area contributed by atoms with E-state index in [9.17, 15) is 4.79 Å². The lowest BCUT2D eigenvalue weighted by molar-refractivity contribution is -0.123. The number of allylic oxidation sites excluding steroid dienone is 1. The van der Waals surface area contributed by atoms with E-state index < -0.39 is 0 Å². The molecule has 2 nitrogen and oxygen atoms in total. The molecule has 0 aromatic carbocycles. The molecular weight excluding hydrogens is 114 g/mol. The fourth-order valence-corrected chi connectivity index (χ4v) is 0.848. The van der Waals surface area contributed by atoms with Crippen molar-refractivity contribution in [1.29, 1.82) is 0 Å². The van der Waals surface area contributed by atoms with E-state index in [0.29, 0.717) is 6.54 Å². The third-order valence-electron chi connectivity index (χ3n) is 1.35. The van der Waals surface area contributed by atoms with Crippen LogP contribution in [0.2, 0.25) is 0 Å². The Morgan fingerprint density at radius 3 is 2.56 bits per heavy atom. The summed E-state index contributed by atoms with van der Waals surface area (Å²) in [6.07, 6.45) is 3.26. The van der Waals surface area contributed by atoms with Gasteiger partial charge >= 0.3 is 0 Å². The molecule has 9 heavy (non-hydrogen) atoms. The van der Waals surface area contributed by atoms with Gasteiger partial charge in [0.15, 0.2) is 0 Å². The average Bonchev–Trinajstić information content (AvgIpc) is 2.12. The molecule has 0 saturated carbocycles. The number of amides is 1. The van der Waals surface area contributed by atoms with Crippen LogP contribution in [0.1, 0.15) is 6.92 Å². The molecule has 0 radical (unpaired) electrons. The Hall–Kier alpha value is -1.05. The Kier molecular flexibility index (Phi) is 1.39. The van der Waals surface area contributed by atoms with E-state index >= 15 is 0 Å². The van der Waals surface area contributed by atoms with Crippen molar-refractivity contribution < 1.29 is 4.79 Å². The predicted octanol–water partition coefficient (Wildman–Crippen LogP) is 0.918. The highest BCUT2D eigenvalue weighted by Gasteiger charge is 2.14. The third-order valence-corrected chi connectivity index (χ3v) is 1.35. The second-order valence-corrected chi connectivity index (χ2v) is 1.91. The van der Waals surface area contributed by atoms with Crippen LogP contribution in [0, 0.1) is 0 Å². The van der Waals surface area contributed by atoms with Gasteiger partial charge in [-0.05, 0) is 13.0 Å². The summed E-state index contributed by atoms with van der Waals surface area (Å²) in [7, 11) is 0. The Morgan fingerprint density at radius 1 is 1.67 bits per heavy atom. The van der Waals surface area contributed by atoms with Gasteiger partial charge in [0, 0.05) is 18.3 Å². The van der Waals surface area contributed by atoms with Gasteiger partial charge in [0.25, 0.3) is 5.91 Å². The number of carbonyl (C=O) groups excluding carboxylic acids is 1. The van der Waals surface area contributed by atoms with Crippen LogP contribution in [0.4, 0.5) is 0 Å². The Balaban J connectivity index is 2.75. The Morgan fingerprint density at radius 2 is 2.33 bits per heavy atom. The average molecular weight is 123 g/mol. The van der Waals surface area contributed by atoms with Gasteiger partial charge in [-0.1, -0.05) is 6.58 Å². The number of likely N-dealkylation sites (N-methyl/N-ethyl adjacent to an activating group) is 1. The molecule has 0 atom stereocenters. The van der Waals surface area contributed by atoms with E-state index in [1.54, 1.807) is 11.0 Å². The van der Waals surface area contributed by atoms with Crippen molar-refractivity contribution in [3.05, 3.63) is 24.4 Å². The molecule has 1 amide bonds. The maximum absolute atomic E-state index is 10.8. The summed E-state index contributed by atoms with van der Waals surface area (Å²) < 4.78 is 0. The van der Waals surface area contributed by atoms with Crippen LogP contribution in [0.15, 0.2) is 24.4 Å². The van der Waals surface area contributed by atoms with Gasteiger partial charge in [-0.15, -0.1) is 0 Å². The van der Waals surface area contributed by atoms with Crippen molar-refractivity contribution in [3.8, 4) is 0 Å². The largest absolute Gasteiger partial charge is 0.310 e. The summed E-state index contributed by atoms with van der Waals surface area (Å²) in [5.74, 6) is 0.0440. The highest BCUT2D eigenvalue weighted by molar-refractivity contribution is 5.92. The monoisotopic (exact) mass is 123 g/mol. The molecule has 1 aliphatic heterocycles. The minimum absolute atomic E-state index is 0.0440. The smallest absolute Gasteiger partial charge is 0.251 e. The first-order chi connectivity index (χ1) is 4.25. The second kappa shape index (κ2) is 2.05. The van der Waals surface area contributed by atoms with Crippen LogP contribution in [0.3, 0.4) is 0 Å². The molecule has 0 aromatic rings. The molecule has 0 unspecified atom stereocenters. The van der Waals surface area contributed by atoms with Crippen molar-refractivity contribution in [3.63, 3.8) is 0 Å². The van der Waals surface area contributed by atoms with Crippen LogP contribution >= 0.6 is 0 Å². The standard InChI is InChI=1S/C7H9NO/c1-3-8-6(2)4-5-7(8)9/h4-5H,2-3H2,1H3.